The van der Waals surface area contributed by atoms with E-state index in [-0.39, 0.29) is 23.6 Å². The second-order valence-corrected chi connectivity index (χ2v) is 9.23. The maximum Gasteiger partial charge on any atom is 0.355 e. The van der Waals surface area contributed by atoms with E-state index >= 15 is 0 Å². The largest absolute Gasteiger partial charge is 0.497 e. The van der Waals surface area contributed by atoms with E-state index in [0.717, 1.165) is 11.3 Å². The maximum absolute atomic E-state index is 12.1. The number of hydrogen-bond donors (Lipinski definition) is 0. The molecular weight excluding hydrogens is 438 g/mol. The van der Waals surface area contributed by atoms with Crippen LogP contribution in [0.5, 0.6) is 5.75 Å². The number of alkyl halides is 2. The van der Waals surface area contributed by atoms with Crippen LogP contribution in [0.15, 0.2) is 35.4 Å². The van der Waals surface area contributed by atoms with E-state index in [1.807, 2.05) is 12.1 Å². The summed E-state index contributed by atoms with van der Waals surface area (Å²) in [5.41, 5.74) is 1.13. The molecule has 0 saturated carbocycles. The molecule has 1 aromatic carbocycles. The van der Waals surface area contributed by atoms with E-state index in [1.165, 1.54) is 16.7 Å². The van der Waals surface area contributed by atoms with E-state index in [1.54, 1.807) is 24.7 Å². The fourth-order valence-electron chi connectivity index (χ4n) is 2.13. The van der Waals surface area contributed by atoms with Crippen LogP contribution in [0.3, 0.4) is 0 Å². The molecular formula is C14H11Br2NO4S. The van der Waals surface area contributed by atoms with Crippen LogP contribution in [0.4, 0.5) is 0 Å². The third-order valence-corrected chi connectivity index (χ3v) is 6.69. The molecule has 0 spiro atoms. The number of fused-ring (bicyclic) bond motifs is 1. The van der Waals surface area contributed by atoms with Gasteiger partial charge in [0.2, 0.25) is 0 Å². The Hall–Kier alpha value is -0.990. The van der Waals surface area contributed by atoms with Gasteiger partial charge in [-0.15, -0.1) is 11.8 Å². The zero-order valence-electron chi connectivity index (χ0n) is 11.4. The summed E-state index contributed by atoms with van der Waals surface area (Å²) in [4.78, 5) is 25.6. The van der Waals surface area contributed by atoms with Gasteiger partial charge in [-0.05, 0) is 17.7 Å². The summed E-state index contributed by atoms with van der Waals surface area (Å²) in [5, 5.41) is 1.49. The number of rotatable bonds is 4. The molecule has 5 nitrogen and oxygen atoms in total. The first-order valence-corrected chi connectivity index (χ1v) is 8.85. The van der Waals surface area contributed by atoms with Crippen molar-refractivity contribution in [2.45, 2.75) is 15.2 Å². The fraction of sp³-hybridized carbons (Fsp3) is 0.286. The molecule has 1 amide bonds. The van der Waals surface area contributed by atoms with E-state index in [2.05, 4.69) is 31.9 Å². The lowest BCUT2D eigenvalue weighted by Gasteiger charge is -2.45. The predicted molar refractivity (Wildman–Crippen MR) is 89.7 cm³/mol. The number of halogens is 2. The van der Waals surface area contributed by atoms with E-state index in [4.69, 9.17) is 9.47 Å². The molecule has 2 aliphatic heterocycles. The van der Waals surface area contributed by atoms with Gasteiger partial charge in [0, 0.05) is 5.41 Å². The highest BCUT2D eigenvalue weighted by Crippen LogP contribution is 2.55. The molecule has 2 aliphatic rings. The molecule has 2 heterocycles. The van der Waals surface area contributed by atoms with Crippen LogP contribution in [0.25, 0.3) is 0 Å². The van der Waals surface area contributed by atoms with Crippen LogP contribution in [0, 0.1) is 0 Å². The number of β-lactam (4-membered cyclic amide) rings is 1. The Labute approximate surface area is 148 Å². The van der Waals surface area contributed by atoms with Crippen molar-refractivity contribution in [2.24, 2.45) is 0 Å². The monoisotopic (exact) mass is 447 g/mol. The number of amides is 1. The average molecular weight is 449 g/mol. The molecule has 0 radical (unpaired) electrons. The number of methoxy groups -OCH3 is 1. The van der Waals surface area contributed by atoms with Crippen LogP contribution < -0.4 is 4.74 Å². The van der Waals surface area contributed by atoms with E-state index < -0.39 is 9.20 Å². The molecule has 8 heteroatoms. The Morgan fingerprint density at radius 1 is 1.36 bits per heavy atom. The van der Waals surface area contributed by atoms with Crippen LogP contribution in [0.2, 0.25) is 0 Å². The third-order valence-electron chi connectivity index (χ3n) is 3.35. The first kappa shape index (κ1) is 15.9. The van der Waals surface area contributed by atoms with Crippen molar-refractivity contribution >= 4 is 55.5 Å². The van der Waals surface area contributed by atoms with E-state index in [9.17, 15) is 9.59 Å². The standard InChI is InChI=1S/C14H11Br2NO4S/c1-20-9-4-2-8(3-5-9)6-21-11(18)10-7-22-13-14(15,16)12(19)17(10)13/h2-5,7,13H,6H2,1H3/t13-/m1/s1. The number of carbonyl (C=O) groups excluding carboxylic acids is 2. The zero-order chi connectivity index (χ0) is 15.9. The van der Waals surface area contributed by atoms with Gasteiger partial charge in [-0.2, -0.15) is 0 Å². The molecule has 1 fully saturated rings. The van der Waals surface area contributed by atoms with Crippen molar-refractivity contribution in [3.63, 3.8) is 0 Å². The Morgan fingerprint density at radius 2 is 2.05 bits per heavy atom. The molecule has 1 aromatic rings. The number of hydrogen-bond acceptors (Lipinski definition) is 5. The molecule has 116 valence electrons. The number of ether oxygens (including phenoxy) is 2. The number of thioether (sulfide) groups is 1. The summed E-state index contributed by atoms with van der Waals surface area (Å²) in [6.45, 7) is 0.144. The van der Waals surface area contributed by atoms with E-state index in [0.29, 0.717) is 0 Å². The molecule has 22 heavy (non-hydrogen) atoms. The maximum atomic E-state index is 12.1. The molecule has 0 bridgehead atoms. The van der Waals surface area contributed by atoms with Crippen molar-refractivity contribution < 1.29 is 19.1 Å². The smallest absolute Gasteiger partial charge is 0.355 e. The second kappa shape index (κ2) is 5.90. The third kappa shape index (κ3) is 2.57. The Balaban J connectivity index is 1.60. The van der Waals surface area contributed by atoms with Crippen LogP contribution in [-0.2, 0) is 20.9 Å². The van der Waals surface area contributed by atoms with Gasteiger partial charge in [-0.3, -0.25) is 9.69 Å². The number of nitrogens with zero attached hydrogens (tertiary/aromatic N) is 1. The summed E-state index contributed by atoms with van der Waals surface area (Å²) in [7, 11) is 1.59. The zero-order valence-corrected chi connectivity index (χ0v) is 15.4. The van der Waals surface area contributed by atoms with Gasteiger partial charge in [0.25, 0.3) is 5.91 Å². The summed E-state index contributed by atoms with van der Waals surface area (Å²) in [5.74, 6) is 0.0368. The van der Waals surface area contributed by atoms with Crippen molar-refractivity contribution in [3.8, 4) is 5.75 Å². The normalized spacial score (nSPS) is 21.8. The lowest BCUT2D eigenvalue weighted by atomic mass is 10.2. The summed E-state index contributed by atoms with van der Waals surface area (Å²) in [6.07, 6.45) is 0. The number of carbonyl (C=O) groups is 2. The van der Waals surface area contributed by atoms with Gasteiger partial charge in [0.05, 0.1) is 7.11 Å². The number of benzene rings is 1. The van der Waals surface area contributed by atoms with Gasteiger partial charge in [0.1, 0.15) is 23.4 Å². The summed E-state index contributed by atoms with van der Waals surface area (Å²) < 4.78 is 9.54. The second-order valence-electron chi connectivity index (χ2n) is 4.71. The minimum Gasteiger partial charge on any atom is -0.497 e. The highest BCUT2D eigenvalue weighted by molar-refractivity contribution is 9.26. The van der Waals surface area contributed by atoms with Gasteiger partial charge in [0.15, 0.2) is 3.23 Å². The van der Waals surface area contributed by atoms with Gasteiger partial charge >= 0.3 is 5.97 Å². The van der Waals surface area contributed by atoms with Crippen LogP contribution in [0.1, 0.15) is 5.56 Å². The lowest BCUT2D eigenvalue weighted by Crippen LogP contribution is -2.64. The Bertz CT molecular complexity index is 659. The topological polar surface area (TPSA) is 55.8 Å². The molecule has 1 saturated heterocycles. The Morgan fingerprint density at radius 3 is 2.68 bits per heavy atom. The molecule has 1 atom stereocenters. The molecule has 0 aromatic heterocycles. The van der Waals surface area contributed by atoms with Gasteiger partial charge < -0.3 is 9.47 Å². The number of esters is 1. The van der Waals surface area contributed by atoms with Crippen molar-refractivity contribution in [3.05, 3.63) is 40.9 Å². The highest BCUT2D eigenvalue weighted by atomic mass is 79.9. The molecule has 3 rings (SSSR count). The van der Waals surface area contributed by atoms with Crippen LogP contribution in [-0.4, -0.2) is 32.5 Å². The quantitative estimate of drug-likeness (QED) is 0.402. The average Bonchev–Trinajstić information content (AvgIpc) is 2.96. The molecule has 0 unspecified atom stereocenters. The molecule has 0 aliphatic carbocycles. The first-order chi connectivity index (χ1) is 10.4. The van der Waals surface area contributed by atoms with Crippen molar-refractivity contribution in [1.29, 1.82) is 0 Å². The Kier molecular flexibility index (Phi) is 4.26. The SMILES string of the molecule is COc1ccc(COC(=O)C2=CS[C@H]3N2C(=O)C3(Br)Br)cc1. The molecule has 0 N–H and O–H groups in total. The highest BCUT2D eigenvalue weighted by Gasteiger charge is 2.62. The first-order valence-electron chi connectivity index (χ1n) is 6.32. The lowest BCUT2D eigenvalue weighted by molar-refractivity contribution is -0.149. The van der Waals surface area contributed by atoms with Gasteiger partial charge in [-0.25, -0.2) is 4.79 Å². The minimum atomic E-state index is -0.792. The van der Waals surface area contributed by atoms with Crippen molar-refractivity contribution in [1.82, 2.24) is 4.90 Å². The fourth-order valence-corrected chi connectivity index (χ4v) is 4.64. The van der Waals surface area contributed by atoms with Crippen molar-refractivity contribution in [2.75, 3.05) is 7.11 Å². The summed E-state index contributed by atoms with van der Waals surface area (Å²) >= 11 is 8.02. The van der Waals surface area contributed by atoms with Gasteiger partial charge in [-0.1, -0.05) is 44.0 Å². The predicted octanol–water partition coefficient (Wildman–Crippen LogP) is 2.98. The minimum absolute atomic E-state index is 0.144. The van der Waals surface area contributed by atoms with Crippen LogP contribution >= 0.6 is 43.6 Å². The summed E-state index contributed by atoms with van der Waals surface area (Å²) in [6, 6.07) is 7.24.